The summed E-state index contributed by atoms with van der Waals surface area (Å²) in [6.45, 7) is 0. The van der Waals surface area contributed by atoms with Crippen LogP contribution in [0.5, 0.6) is 0 Å². The molecule has 1 fully saturated rings. The maximum atomic E-state index is 11.6. The highest BCUT2D eigenvalue weighted by atomic mass is 16.2. The summed E-state index contributed by atoms with van der Waals surface area (Å²) in [6, 6.07) is 9.72. The third-order valence-electron chi connectivity index (χ3n) is 3.33. The number of nitrogens with one attached hydrogen (secondary N) is 1. The van der Waals surface area contributed by atoms with E-state index in [1.807, 2.05) is 36.5 Å². The lowest BCUT2D eigenvalue weighted by Gasteiger charge is -2.16. The first kappa shape index (κ1) is 12.8. The van der Waals surface area contributed by atoms with Crippen molar-refractivity contribution in [3.05, 3.63) is 35.9 Å². The Hall–Kier alpha value is -1.64. The summed E-state index contributed by atoms with van der Waals surface area (Å²) in [7, 11) is 0. The topological polar surface area (TPSA) is 41.5 Å². The lowest BCUT2D eigenvalue weighted by Crippen LogP contribution is -2.21. The van der Waals surface area contributed by atoms with Gasteiger partial charge in [0.05, 0.1) is 6.42 Å². The zero-order chi connectivity index (χ0) is 12.6. The number of hydrogen-bond acceptors (Lipinski definition) is 2. The number of rotatable bonds is 4. The summed E-state index contributed by atoms with van der Waals surface area (Å²) >= 11 is 0. The molecule has 0 spiro atoms. The third-order valence-corrected chi connectivity index (χ3v) is 3.33. The van der Waals surface area contributed by atoms with Crippen molar-refractivity contribution < 1.29 is 4.79 Å². The van der Waals surface area contributed by atoms with Crippen LogP contribution in [0.2, 0.25) is 0 Å². The van der Waals surface area contributed by atoms with Gasteiger partial charge < -0.3 is 0 Å². The molecule has 18 heavy (non-hydrogen) atoms. The number of amides is 1. The summed E-state index contributed by atoms with van der Waals surface area (Å²) in [4.78, 5) is 11.6. The fourth-order valence-electron chi connectivity index (χ4n) is 2.32. The molecule has 0 aromatic heterocycles. The molecule has 0 unspecified atom stereocenters. The standard InChI is InChI=1S/C15H20N2O/c18-15(11-13-7-3-1-4-8-13)17-16-12-14-9-5-2-6-10-14/h1,3-4,7-8,12,14H,2,5-6,9-11H2,(H,17,18). The molecule has 1 aromatic carbocycles. The lowest BCUT2D eigenvalue weighted by atomic mass is 9.90. The van der Waals surface area contributed by atoms with E-state index in [0.29, 0.717) is 12.3 Å². The van der Waals surface area contributed by atoms with Gasteiger partial charge in [-0.05, 0) is 24.3 Å². The number of hydrogen-bond donors (Lipinski definition) is 1. The minimum absolute atomic E-state index is 0.0479. The summed E-state index contributed by atoms with van der Waals surface area (Å²) in [6.07, 6.45) is 8.62. The van der Waals surface area contributed by atoms with Crippen molar-refractivity contribution in [2.45, 2.75) is 38.5 Å². The molecule has 0 atom stereocenters. The number of carbonyl (C=O) groups excluding carboxylic acids is 1. The predicted octanol–water partition coefficient (Wildman–Crippen LogP) is 2.91. The second kappa shape index (κ2) is 6.94. The van der Waals surface area contributed by atoms with Crippen molar-refractivity contribution in [3.63, 3.8) is 0 Å². The first-order valence-corrected chi connectivity index (χ1v) is 6.70. The van der Waals surface area contributed by atoms with Crippen LogP contribution in [0, 0.1) is 5.92 Å². The maximum absolute atomic E-state index is 11.6. The zero-order valence-corrected chi connectivity index (χ0v) is 10.6. The van der Waals surface area contributed by atoms with E-state index in [4.69, 9.17) is 0 Å². The van der Waals surface area contributed by atoms with Gasteiger partial charge in [-0.25, -0.2) is 5.43 Å². The smallest absolute Gasteiger partial charge is 0.244 e. The lowest BCUT2D eigenvalue weighted by molar-refractivity contribution is -0.120. The van der Waals surface area contributed by atoms with Crippen LogP contribution in [0.25, 0.3) is 0 Å². The van der Waals surface area contributed by atoms with Gasteiger partial charge in [-0.2, -0.15) is 5.10 Å². The quantitative estimate of drug-likeness (QED) is 0.642. The second-order valence-electron chi connectivity index (χ2n) is 4.87. The average molecular weight is 244 g/mol. The highest BCUT2D eigenvalue weighted by Gasteiger charge is 2.10. The molecule has 0 bridgehead atoms. The molecular weight excluding hydrogens is 224 g/mol. The first-order chi connectivity index (χ1) is 8.84. The molecule has 2 rings (SSSR count). The van der Waals surface area contributed by atoms with Crippen molar-refractivity contribution in [2.75, 3.05) is 0 Å². The highest BCUT2D eigenvalue weighted by molar-refractivity contribution is 5.79. The van der Waals surface area contributed by atoms with Crippen molar-refractivity contribution in [3.8, 4) is 0 Å². The highest BCUT2D eigenvalue weighted by Crippen LogP contribution is 2.21. The summed E-state index contributed by atoms with van der Waals surface area (Å²) < 4.78 is 0. The van der Waals surface area contributed by atoms with E-state index in [1.54, 1.807) is 0 Å². The fraction of sp³-hybridized carbons (Fsp3) is 0.467. The Bertz CT molecular complexity index is 394. The van der Waals surface area contributed by atoms with E-state index < -0.39 is 0 Å². The Balaban J connectivity index is 1.72. The summed E-state index contributed by atoms with van der Waals surface area (Å²) in [5.74, 6) is 0.504. The molecule has 1 aromatic rings. The molecule has 3 heteroatoms. The monoisotopic (exact) mass is 244 g/mol. The maximum Gasteiger partial charge on any atom is 0.244 e. The Morgan fingerprint density at radius 1 is 1.22 bits per heavy atom. The average Bonchev–Trinajstić information content (AvgIpc) is 2.41. The van der Waals surface area contributed by atoms with E-state index in [2.05, 4.69) is 10.5 Å². The van der Waals surface area contributed by atoms with Gasteiger partial charge in [0.1, 0.15) is 0 Å². The van der Waals surface area contributed by atoms with Crippen molar-refractivity contribution >= 4 is 12.1 Å². The molecule has 1 aliphatic rings. The van der Waals surface area contributed by atoms with Gasteiger partial charge >= 0.3 is 0 Å². The summed E-state index contributed by atoms with van der Waals surface area (Å²) in [5.41, 5.74) is 3.63. The molecule has 1 amide bonds. The third kappa shape index (κ3) is 4.32. The van der Waals surface area contributed by atoms with Crippen LogP contribution in [0.4, 0.5) is 0 Å². The number of nitrogens with zero attached hydrogens (tertiary/aromatic N) is 1. The molecule has 3 nitrogen and oxygen atoms in total. The van der Waals surface area contributed by atoms with Gasteiger partial charge in [-0.15, -0.1) is 0 Å². The Morgan fingerprint density at radius 3 is 2.67 bits per heavy atom. The molecule has 0 radical (unpaired) electrons. The van der Waals surface area contributed by atoms with E-state index >= 15 is 0 Å². The summed E-state index contributed by atoms with van der Waals surface area (Å²) in [5, 5.41) is 4.07. The molecule has 1 N–H and O–H groups in total. The van der Waals surface area contributed by atoms with Crippen LogP contribution in [-0.2, 0) is 11.2 Å². The number of benzene rings is 1. The SMILES string of the molecule is O=C(Cc1ccccc1)NN=CC1CCCCC1. The Morgan fingerprint density at radius 2 is 1.94 bits per heavy atom. The Labute approximate surface area is 108 Å². The minimum atomic E-state index is -0.0479. The molecule has 1 saturated carbocycles. The molecular formula is C15H20N2O. The van der Waals surface area contributed by atoms with Gasteiger partial charge in [0.2, 0.25) is 5.91 Å². The normalized spacial score (nSPS) is 16.9. The number of hydrazone groups is 1. The van der Waals surface area contributed by atoms with Crippen LogP contribution in [0.15, 0.2) is 35.4 Å². The van der Waals surface area contributed by atoms with Crippen LogP contribution in [0.3, 0.4) is 0 Å². The van der Waals surface area contributed by atoms with Crippen LogP contribution < -0.4 is 5.43 Å². The zero-order valence-electron chi connectivity index (χ0n) is 10.6. The van der Waals surface area contributed by atoms with Crippen LogP contribution in [-0.4, -0.2) is 12.1 Å². The van der Waals surface area contributed by atoms with Crippen molar-refractivity contribution in [1.82, 2.24) is 5.43 Å². The van der Waals surface area contributed by atoms with Crippen molar-refractivity contribution in [2.24, 2.45) is 11.0 Å². The Kier molecular flexibility index (Phi) is 4.94. The first-order valence-electron chi connectivity index (χ1n) is 6.70. The van der Waals surface area contributed by atoms with Gasteiger partial charge in [-0.1, -0.05) is 49.6 Å². The van der Waals surface area contributed by atoms with E-state index in [9.17, 15) is 4.79 Å². The molecule has 0 heterocycles. The molecule has 1 aliphatic carbocycles. The van der Waals surface area contributed by atoms with Crippen LogP contribution in [0.1, 0.15) is 37.7 Å². The van der Waals surface area contributed by atoms with Crippen molar-refractivity contribution in [1.29, 1.82) is 0 Å². The molecule has 0 aliphatic heterocycles. The largest absolute Gasteiger partial charge is 0.273 e. The molecule has 0 saturated heterocycles. The van der Waals surface area contributed by atoms with Crippen LogP contribution >= 0.6 is 0 Å². The minimum Gasteiger partial charge on any atom is -0.273 e. The predicted molar refractivity (Wildman–Crippen MR) is 73.4 cm³/mol. The number of carbonyl (C=O) groups is 1. The second-order valence-corrected chi connectivity index (χ2v) is 4.87. The molecule has 96 valence electrons. The van der Waals surface area contributed by atoms with Gasteiger partial charge in [-0.3, -0.25) is 4.79 Å². The van der Waals surface area contributed by atoms with E-state index in [0.717, 1.165) is 5.56 Å². The van der Waals surface area contributed by atoms with Gasteiger partial charge in [0.25, 0.3) is 0 Å². The van der Waals surface area contributed by atoms with E-state index in [-0.39, 0.29) is 5.91 Å². The van der Waals surface area contributed by atoms with Gasteiger partial charge in [0, 0.05) is 6.21 Å². The van der Waals surface area contributed by atoms with Gasteiger partial charge in [0.15, 0.2) is 0 Å². The fourth-order valence-corrected chi connectivity index (χ4v) is 2.32. The van der Waals surface area contributed by atoms with E-state index in [1.165, 1.54) is 32.1 Å².